The average molecular weight is 1150 g/mol. The molecule has 0 spiro atoms. The summed E-state index contributed by atoms with van der Waals surface area (Å²) < 4.78 is 0. The molecule has 0 radical (unpaired) electrons. The minimum atomic E-state index is 0.875. The van der Waals surface area contributed by atoms with Crippen molar-refractivity contribution < 1.29 is 0 Å². The Morgan fingerprint density at radius 1 is 0.171 bits per heavy atom. The quantitative estimate of drug-likeness (QED) is 0.144. The molecule has 7 aliphatic carbocycles. The molecule has 7 aliphatic rings. The lowest BCUT2D eigenvalue weighted by Gasteiger charge is -2.40. The summed E-state index contributed by atoms with van der Waals surface area (Å²) in [5.74, 6) is 29.1. The minimum absolute atomic E-state index is 0.875. The van der Waals surface area contributed by atoms with Crippen molar-refractivity contribution in [2.75, 3.05) is 0 Å². The van der Waals surface area contributed by atoms with Crippen LogP contribution in [0.15, 0.2) is 0 Å². The van der Waals surface area contributed by atoms with E-state index in [0.717, 1.165) is 178 Å². The molecule has 0 aromatic rings. The Morgan fingerprint density at radius 3 is 0.415 bits per heavy atom. The second-order valence-corrected chi connectivity index (χ2v) is 36.0. The molecular weight excluding hydrogens is 985 g/mol. The van der Waals surface area contributed by atoms with E-state index in [1.807, 2.05) is 0 Å². The van der Waals surface area contributed by atoms with E-state index in [-0.39, 0.29) is 0 Å². The minimum Gasteiger partial charge on any atom is -0.0628 e. The zero-order chi connectivity index (χ0) is 63.5. The highest BCUT2D eigenvalue weighted by Gasteiger charge is 2.41. The van der Waals surface area contributed by atoms with E-state index in [0.29, 0.717) is 0 Å². The molecule has 0 saturated heterocycles. The summed E-state index contributed by atoms with van der Waals surface area (Å²) in [6.07, 6.45) is 29.7. The van der Waals surface area contributed by atoms with Crippen LogP contribution in [-0.4, -0.2) is 0 Å². The molecule has 0 amide bonds. The molecule has 7 rings (SSSR count). The van der Waals surface area contributed by atoms with Gasteiger partial charge in [0.1, 0.15) is 0 Å². The highest BCUT2D eigenvalue weighted by atomic mass is 14.5. The Morgan fingerprint density at radius 2 is 0.317 bits per heavy atom. The standard InChI is InChI=1S/2C12H24.2C11H22.2C10H20.C9H18.C7H16/c2*1-9(2)11-6-5-7-12(8-11)10(3)4;2*1-8(2)10-5-6-11(7-10)9(3)4;2*1-7(2)9-5-10(6-9)8(3)4;1-6(2)8-5-9(8)7(3)4;1-6(2)5-7(3)4/h2*9-12H,5-8H2,1-4H3;2*8-11H,5-7H2,1-4H3;2*7-10H,5-6H2,1-4H3;6-9H,5H2,1-4H3;6-7H,5H2,1-4H3. The van der Waals surface area contributed by atoms with Crippen LogP contribution in [0.3, 0.4) is 0 Å². The zero-order valence-corrected chi connectivity index (χ0v) is 63.5. The molecule has 82 heavy (non-hydrogen) atoms. The predicted molar refractivity (Wildman–Crippen MR) is 379 cm³/mol. The Bertz CT molecular complexity index is 1260. The maximum atomic E-state index is 2.38. The van der Waals surface area contributed by atoms with Crippen molar-refractivity contribution >= 4 is 0 Å². The topological polar surface area (TPSA) is 0 Å². The van der Waals surface area contributed by atoms with Crippen LogP contribution < -0.4 is 0 Å². The second-order valence-electron chi connectivity index (χ2n) is 36.0. The Balaban J connectivity index is 0.000000918. The van der Waals surface area contributed by atoms with Crippen LogP contribution in [-0.2, 0) is 0 Å². The highest BCUT2D eigenvalue weighted by Crippen LogP contribution is 2.49. The van der Waals surface area contributed by atoms with E-state index >= 15 is 0 Å². The van der Waals surface area contributed by atoms with Gasteiger partial charge in [0, 0.05) is 0 Å². The Hall–Kier alpha value is 0. The fraction of sp³-hybridized carbons (Fsp3) is 1.00. The zero-order valence-electron chi connectivity index (χ0n) is 63.5. The van der Waals surface area contributed by atoms with Crippen molar-refractivity contribution in [3.05, 3.63) is 0 Å². The Labute approximate surface area is 524 Å². The molecule has 0 N–H and O–H groups in total. The first-order chi connectivity index (χ1) is 37.9. The Kier molecular flexibility index (Phi) is 42.8. The summed E-state index contributed by atoms with van der Waals surface area (Å²) in [6.45, 7) is 75.2. The highest BCUT2D eigenvalue weighted by molar-refractivity contribution is 4.90. The van der Waals surface area contributed by atoms with Gasteiger partial charge in [0.2, 0.25) is 0 Å². The van der Waals surface area contributed by atoms with Gasteiger partial charge in [-0.1, -0.05) is 260 Å². The lowest BCUT2D eigenvalue weighted by molar-refractivity contribution is 0.102. The predicted octanol–water partition coefficient (Wildman–Crippen LogP) is 27.9. The summed E-state index contributed by atoms with van der Waals surface area (Å²) in [4.78, 5) is 0. The van der Waals surface area contributed by atoms with Crippen molar-refractivity contribution in [1.82, 2.24) is 0 Å². The summed E-state index contributed by atoms with van der Waals surface area (Å²) in [6, 6.07) is 0. The molecule has 0 aliphatic heterocycles. The lowest BCUT2D eigenvalue weighted by atomic mass is 9.65. The first-order valence-electron chi connectivity index (χ1n) is 37.9. The third kappa shape index (κ3) is 34.7. The molecule has 10 unspecified atom stereocenters. The van der Waals surface area contributed by atoms with E-state index in [9.17, 15) is 0 Å². The van der Waals surface area contributed by atoms with Crippen molar-refractivity contribution in [2.24, 2.45) is 178 Å². The van der Waals surface area contributed by atoms with E-state index in [1.165, 1.54) is 128 Å². The van der Waals surface area contributed by atoms with Gasteiger partial charge in [0.05, 0.1) is 0 Å². The van der Waals surface area contributed by atoms with Crippen molar-refractivity contribution in [3.8, 4) is 0 Å². The maximum Gasteiger partial charge on any atom is -0.0357 e. The molecule has 0 aromatic carbocycles. The van der Waals surface area contributed by atoms with Crippen molar-refractivity contribution in [1.29, 1.82) is 0 Å². The van der Waals surface area contributed by atoms with Crippen LogP contribution in [0.5, 0.6) is 0 Å². The van der Waals surface area contributed by atoms with Gasteiger partial charge < -0.3 is 0 Å². The van der Waals surface area contributed by atoms with Crippen LogP contribution >= 0.6 is 0 Å². The fourth-order valence-corrected chi connectivity index (χ4v) is 15.8. The summed E-state index contributed by atoms with van der Waals surface area (Å²) in [5.41, 5.74) is 0. The molecule has 0 bridgehead atoms. The van der Waals surface area contributed by atoms with Gasteiger partial charge in [-0.15, -0.1) is 0 Å². The van der Waals surface area contributed by atoms with Crippen LogP contribution in [0, 0.1) is 178 Å². The lowest BCUT2D eigenvalue weighted by Crippen LogP contribution is -2.30. The summed E-state index contributed by atoms with van der Waals surface area (Å²) in [5, 5.41) is 0. The van der Waals surface area contributed by atoms with Gasteiger partial charge in [0.15, 0.2) is 0 Å². The third-order valence-electron chi connectivity index (χ3n) is 23.8. The molecule has 7 saturated carbocycles. The summed E-state index contributed by atoms with van der Waals surface area (Å²) in [7, 11) is 0. The first-order valence-corrected chi connectivity index (χ1v) is 37.9. The number of hydrogen-bond donors (Lipinski definition) is 0. The molecular formula is C82H166. The monoisotopic (exact) mass is 1150 g/mol. The molecule has 0 aromatic heterocycles. The van der Waals surface area contributed by atoms with Crippen LogP contribution in [0.4, 0.5) is 0 Å². The van der Waals surface area contributed by atoms with E-state index in [1.54, 1.807) is 0 Å². The summed E-state index contributed by atoms with van der Waals surface area (Å²) >= 11 is 0. The van der Waals surface area contributed by atoms with Crippen LogP contribution in [0.1, 0.15) is 350 Å². The first kappa shape index (κ1) is 82.0. The van der Waals surface area contributed by atoms with Gasteiger partial charge in [-0.25, -0.2) is 0 Å². The normalized spacial score (nSPS) is 30.6. The van der Waals surface area contributed by atoms with Crippen molar-refractivity contribution in [2.45, 2.75) is 350 Å². The third-order valence-corrected chi connectivity index (χ3v) is 23.8. The van der Waals surface area contributed by atoms with Crippen LogP contribution in [0.2, 0.25) is 0 Å². The molecule has 10 atom stereocenters. The van der Waals surface area contributed by atoms with Crippen molar-refractivity contribution in [3.63, 3.8) is 0 Å². The molecule has 494 valence electrons. The maximum absolute atomic E-state index is 2.38. The molecule has 0 heterocycles. The van der Waals surface area contributed by atoms with Gasteiger partial charge in [0.25, 0.3) is 0 Å². The number of hydrogen-bond acceptors (Lipinski definition) is 0. The van der Waals surface area contributed by atoms with E-state index < -0.39 is 0 Å². The van der Waals surface area contributed by atoms with Gasteiger partial charge in [-0.2, -0.15) is 0 Å². The van der Waals surface area contributed by atoms with Gasteiger partial charge in [-0.05, 0) is 267 Å². The fourth-order valence-electron chi connectivity index (χ4n) is 15.8. The van der Waals surface area contributed by atoms with Crippen LogP contribution in [0.25, 0.3) is 0 Å². The number of rotatable bonds is 16. The van der Waals surface area contributed by atoms with Gasteiger partial charge >= 0.3 is 0 Å². The molecule has 0 heteroatoms. The second kappa shape index (κ2) is 42.8. The van der Waals surface area contributed by atoms with Gasteiger partial charge in [-0.3, -0.25) is 0 Å². The van der Waals surface area contributed by atoms with E-state index in [2.05, 4.69) is 222 Å². The SMILES string of the molecule is CC(C)C1CC(C(C)C)C1.CC(C)C1CC(C(C)C)C1.CC(C)C1CC1C(C)C.CC(C)C1CCC(C(C)C)C1.CC(C)C1CCC(C(C)C)C1.CC(C)C1CCCC(C(C)C)C1.CC(C)C1CCCC(C(C)C)C1.CC(C)CC(C)C. The molecule has 0 nitrogen and oxygen atoms in total. The largest absolute Gasteiger partial charge is 0.0628 e. The average Bonchev–Trinajstić information content (AvgIpc) is 3.70. The van der Waals surface area contributed by atoms with E-state index in [4.69, 9.17) is 0 Å². The molecule has 7 fully saturated rings. The smallest absolute Gasteiger partial charge is 0.0357 e.